The van der Waals surface area contributed by atoms with Gasteiger partial charge in [0.25, 0.3) is 5.69 Å². The maximum absolute atomic E-state index is 10.8. The molecular formula is C13H15N3O3. The van der Waals surface area contributed by atoms with Crippen LogP contribution < -0.4 is 10.6 Å². The highest BCUT2D eigenvalue weighted by atomic mass is 16.6. The van der Waals surface area contributed by atoms with Gasteiger partial charge in [-0.2, -0.15) is 0 Å². The fourth-order valence-corrected chi connectivity index (χ4v) is 1.73. The highest BCUT2D eigenvalue weighted by Crippen LogP contribution is 2.24. The SMILES string of the molecule is CNc1cc(NCc2ccc(C)o2)cc([N+](=O)[O-])c1. The third-order valence-corrected chi connectivity index (χ3v) is 2.68. The Morgan fingerprint density at radius 1 is 1.26 bits per heavy atom. The van der Waals surface area contributed by atoms with Gasteiger partial charge < -0.3 is 15.1 Å². The van der Waals surface area contributed by atoms with Crippen LogP contribution in [0.1, 0.15) is 11.5 Å². The van der Waals surface area contributed by atoms with Crippen molar-refractivity contribution in [2.24, 2.45) is 0 Å². The van der Waals surface area contributed by atoms with Crippen molar-refractivity contribution in [1.29, 1.82) is 0 Å². The summed E-state index contributed by atoms with van der Waals surface area (Å²) in [5.74, 6) is 1.63. The molecule has 19 heavy (non-hydrogen) atoms. The van der Waals surface area contributed by atoms with E-state index in [9.17, 15) is 10.1 Å². The number of non-ortho nitro benzene ring substituents is 1. The number of hydrogen-bond acceptors (Lipinski definition) is 5. The molecule has 0 spiro atoms. The molecule has 0 fully saturated rings. The lowest BCUT2D eigenvalue weighted by atomic mass is 10.2. The number of rotatable bonds is 5. The molecule has 2 rings (SSSR count). The van der Waals surface area contributed by atoms with Crippen LogP contribution in [0.15, 0.2) is 34.7 Å². The summed E-state index contributed by atoms with van der Waals surface area (Å²) in [6.07, 6.45) is 0. The number of aryl methyl sites for hydroxylation is 1. The van der Waals surface area contributed by atoms with Crippen LogP contribution in [-0.2, 0) is 6.54 Å². The van der Waals surface area contributed by atoms with Gasteiger partial charge in [0, 0.05) is 30.6 Å². The van der Waals surface area contributed by atoms with E-state index in [0.29, 0.717) is 17.9 Å². The van der Waals surface area contributed by atoms with Crippen LogP contribution in [0.3, 0.4) is 0 Å². The largest absolute Gasteiger partial charge is 0.465 e. The van der Waals surface area contributed by atoms with Crippen molar-refractivity contribution in [3.63, 3.8) is 0 Å². The lowest BCUT2D eigenvalue weighted by molar-refractivity contribution is -0.384. The second kappa shape index (κ2) is 5.43. The van der Waals surface area contributed by atoms with Crippen molar-refractivity contribution in [3.05, 3.63) is 52.0 Å². The lowest BCUT2D eigenvalue weighted by Gasteiger charge is -2.07. The maximum atomic E-state index is 10.8. The Bertz CT molecular complexity index is 593. The highest BCUT2D eigenvalue weighted by molar-refractivity contribution is 5.63. The van der Waals surface area contributed by atoms with E-state index in [-0.39, 0.29) is 5.69 Å². The number of nitrogens with zero attached hydrogens (tertiary/aromatic N) is 1. The van der Waals surface area contributed by atoms with Crippen LogP contribution in [0.4, 0.5) is 17.1 Å². The molecule has 6 nitrogen and oxygen atoms in total. The predicted octanol–water partition coefficient (Wildman–Crippen LogP) is 3.15. The van der Waals surface area contributed by atoms with E-state index in [1.54, 1.807) is 7.05 Å². The van der Waals surface area contributed by atoms with E-state index in [1.165, 1.54) is 12.1 Å². The molecule has 2 aromatic rings. The van der Waals surface area contributed by atoms with Crippen molar-refractivity contribution in [1.82, 2.24) is 0 Å². The Balaban J connectivity index is 2.15. The second-order valence-electron chi connectivity index (χ2n) is 4.14. The van der Waals surface area contributed by atoms with Gasteiger partial charge in [0.2, 0.25) is 0 Å². The van der Waals surface area contributed by atoms with Gasteiger partial charge in [-0.05, 0) is 25.1 Å². The molecule has 1 aromatic heterocycles. The molecule has 0 aliphatic heterocycles. The average Bonchev–Trinajstić information content (AvgIpc) is 2.81. The lowest BCUT2D eigenvalue weighted by Crippen LogP contribution is -2.00. The maximum Gasteiger partial charge on any atom is 0.273 e. The standard InChI is InChI=1S/C13H15N3O3/c1-9-3-4-13(19-9)8-15-11-5-10(14-2)6-12(7-11)16(17)18/h3-7,14-15H,8H2,1-2H3. The Labute approximate surface area is 110 Å². The summed E-state index contributed by atoms with van der Waals surface area (Å²) in [6.45, 7) is 2.36. The van der Waals surface area contributed by atoms with Gasteiger partial charge in [-0.3, -0.25) is 10.1 Å². The van der Waals surface area contributed by atoms with Crippen molar-refractivity contribution in [3.8, 4) is 0 Å². The molecule has 0 unspecified atom stereocenters. The Hall–Kier alpha value is -2.50. The zero-order valence-electron chi connectivity index (χ0n) is 10.8. The summed E-state index contributed by atoms with van der Waals surface area (Å²) < 4.78 is 5.43. The summed E-state index contributed by atoms with van der Waals surface area (Å²) in [5, 5.41) is 16.8. The molecule has 1 aromatic carbocycles. The van der Waals surface area contributed by atoms with Crippen LogP contribution in [0.5, 0.6) is 0 Å². The van der Waals surface area contributed by atoms with E-state index >= 15 is 0 Å². The first kappa shape index (κ1) is 12.9. The van der Waals surface area contributed by atoms with Gasteiger partial charge in [0.1, 0.15) is 11.5 Å². The van der Waals surface area contributed by atoms with Gasteiger partial charge in [-0.1, -0.05) is 0 Å². The quantitative estimate of drug-likeness (QED) is 0.638. The molecule has 0 radical (unpaired) electrons. The zero-order chi connectivity index (χ0) is 13.8. The van der Waals surface area contributed by atoms with Crippen LogP contribution in [-0.4, -0.2) is 12.0 Å². The van der Waals surface area contributed by atoms with Crippen LogP contribution in [0, 0.1) is 17.0 Å². The topological polar surface area (TPSA) is 80.3 Å². The van der Waals surface area contributed by atoms with Gasteiger partial charge in [-0.25, -0.2) is 0 Å². The Kier molecular flexibility index (Phi) is 3.70. The fourth-order valence-electron chi connectivity index (χ4n) is 1.73. The molecule has 0 saturated carbocycles. The van der Waals surface area contributed by atoms with Gasteiger partial charge in [0.15, 0.2) is 0 Å². The molecule has 0 saturated heterocycles. The first-order valence-corrected chi connectivity index (χ1v) is 5.85. The average molecular weight is 261 g/mol. The Morgan fingerprint density at radius 3 is 2.58 bits per heavy atom. The Morgan fingerprint density at radius 2 is 2.00 bits per heavy atom. The third-order valence-electron chi connectivity index (χ3n) is 2.68. The van der Waals surface area contributed by atoms with Crippen LogP contribution in [0.2, 0.25) is 0 Å². The van der Waals surface area contributed by atoms with E-state index in [0.717, 1.165) is 11.5 Å². The fraction of sp³-hybridized carbons (Fsp3) is 0.231. The van der Waals surface area contributed by atoms with Gasteiger partial charge in [0.05, 0.1) is 11.5 Å². The van der Waals surface area contributed by atoms with Gasteiger partial charge >= 0.3 is 0 Å². The molecule has 1 heterocycles. The van der Waals surface area contributed by atoms with E-state index in [4.69, 9.17) is 4.42 Å². The first-order chi connectivity index (χ1) is 9.08. The van der Waals surface area contributed by atoms with Crippen LogP contribution in [0.25, 0.3) is 0 Å². The van der Waals surface area contributed by atoms with Crippen molar-refractivity contribution in [2.75, 3.05) is 17.7 Å². The molecular weight excluding hydrogens is 246 g/mol. The normalized spacial score (nSPS) is 10.2. The summed E-state index contributed by atoms with van der Waals surface area (Å²) >= 11 is 0. The second-order valence-corrected chi connectivity index (χ2v) is 4.14. The number of furan rings is 1. The van der Waals surface area contributed by atoms with E-state index < -0.39 is 4.92 Å². The highest BCUT2D eigenvalue weighted by Gasteiger charge is 2.09. The van der Waals surface area contributed by atoms with Crippen molar-refractivity contribution in [2.45, 2.75) is 13.5 Å². The summed E-state index contributed by atoms with van der Waals surface area (Å²) in [5.41, 5.74) is 1.41. The molecule has 0 atom stereocenters. The number of nitro groups is 1. The molecule has 0 aliphatic carbocycles. The smallest absolute Gasteiger partial charge is 0.273 e. The summed E-state index contributed by atoms with van der Waals surface area (Å²) in [6, 6.07) is 8.55. The minimum atomic E-state index is -0.414. The monoisotopic (exact) mass is 261 g/mol. The van der Waals surface area contributed by atoms with Crippen molar-refractivity contribution < 1.29 is 9.34 Å². The summed E-state index contributed by atoms with van der Waals surface area (Å²) in [4.78, 5) is 10.4. The van der Waals surface area contributed by atoms with Gasteiger partial charge in [-0.15, -0.1) is 0 Å². The predicted molar refractivity (Wildman–Crippen MR) is 73.4 cm³/mol. The molecule has 0 aliphatic rings. The first-order valence-electron chi connectivity index (χ1n) is 5.85. The van der Waals surface area contributed by atoms with E-state index in [1.807, 2.05) is 25.1 Å². The zero-order valence-corrected chi connectivity index (χ0v) is 10.8. The molecule has 6 heteroatoms. The molecule has 100 valence electrons. The van der Waals surface area contributed by atoms with Crippen molar-refractivity contribution >= 4 is 17.1 Å². The number of anilines is 2. The minimum absolute atomic E-state index is 0.0463. The minimum Gasteiger partial charge on any atom is -0.465 e. The molecule has 2 N–H and O–H groups in total. The van der Waals surface area contributed by atoms with E-state index in [2.05, 4.69) is 10.6 Å². The number of hydrogen-bond donors (Lipinski definition) is 2. The van der Waals surface area contributed by atoms with Crippen LogP contribution >= 0.6 is 0 Å². The number of benzene rings is 1. The number of nitrogens with one attached hydrogen (secondary N) is 2. The number of nitro benzene ring substituents is 1. The summed E-state index contributed by atoms with van der Waals surface area (Å²) in [7, 11) is 1.72. The molecule has 0 bridgehead atoms. The third kappa shape index (κ3) is 3.25. The molecule has 0 amide bonds.